The zero-order valence-corrected chi connectivity index (χ0v) is 71.2. The second kappa shape index (κ2) is 37.7. The topological polar surface area (TPSA) is 19.4 Å². The van der Waals surface area contributed by atoms with Gasteiger partial charge in [0.05, 0.1) is 0 Å². The summed E-state index contributed by atoms with van der Waals surface area (Å²) in [5, 5.41) is 0. The molecule has 117 heavy (non-hydrogen) atoms. The molecule has 0 bridgehead atoms. The molecular weight excluding hydrogens is 1420 g/mol. The van der Waals surface area contributed by atoms with Gasteiger partial charge in [0, 0.05) is 118 Å². The molecule has 0 unspecified atom stereocenters. The Labute approximate surface area is 732 Å². The van der Waals surface area contributed by atoms with Crippen LogP contribution in [0.4, 0.5) is 0 Å². The minimum atomic E-state index is -2.22. The quantitative estimate of drug-likeness (QED) is 0.115. The van der Waals surface area contributed by atoms with E-state index >= 15 is 0 Å². The first-order chi connectivity index (χ1) is 64.6. The summed E-state index contributed by atoms with van der Waals surface area (Å²) in [5.41, 5.74) is 33.7. The molecule has 5 aromatic heterocycles. The molecule has 0 spiro atoms. The van der Waals surface area contributed by atoms with Gasteiger partial charge in [-0.05, 0) is 335 Å². The van der Waals surface area contributed by atoms with Gasteiger partial charge in [0.25, 0.3) is 0 Å². The van der Waals surface area contributed by atoms with Crippen LogP contribution in [-0.2, 0) is 35.2 Å². The van der Waals surface area contributed by atoms with E-state index in [4.69, 9.17) is 30.2 Å². The second-order valence-corrected chi connectivity index (χ2v) is 31.0. The molecule has 5 heteroatoms. The van der Waals surface area contributed by atoms with Crippen LogP contribution in [0.1, 0.15) is 161 Å². The van der Waals surface area contributed by atoms with Crippen LogP contribution < -0.4 is 22.8 Å². The van der Waals surface area contributed by atoms with E-state index < -0.39 is 53.9 Å². The summed E-state index contributed by atoms with van der Waals surface area (Å²) in [4.78, 5) is 0. The Morgan fingerprint density at radius 3 is 0.863 bits per heavy atom. The molecule has 0 radical (unpaired) electrons. The van der Waals surface area contributed by atoms with Crippen LogP contribution in [0.25, 0.3) is 112 Å². The van der Waals surface area contributed by atoms with Gasteiger partial charge in [0.2, 0.25) is 28.5 Å². The van der Waals surface area contributed by atoms with Gasteiger partial charge in [0.1, 0.15) is 35.2 Å². The van der Waals surface area contributed by atoms with E-state index in [9.17, 15) is 0 Å². The fraction of sp³-hybridized carbons (Fsp3) is 0.241. The van der Waals surface area contributed by atoms with Crippen LogP contribution in [0.3, 0.4) is 0 Å². The molecule has 5 heterocycles. The van der Waals surface area contributed by atoms with Crippen molar-refractivity contribution < 1.29 is 53.0 Å². The Hall–Kier alpha value is -12.1. The fourth-order valence-electron chi connectivity index (χ4n) is 15.8. The van der Waals surface area contributed by atoms with Gasteiger partial charge in [-0.3, -0.25) is 0 Å². The summed E-state index contributed by atoms with van der Waals surface area (Å²) in [6, 6.07) is 76.8. The maximum absolute atomic E-state index is 8.39. The lowest BCUT2D eigenvalue weighted by molar-refractivity contribution is -0.660. The number of pyridine rings is 5. The molecule has 10 aromatic carbocycles. The number of aryl methyl sites for hydroxylation is 19. The van der Waals surface area contributed by atoms with Crippen LogP contribution in [0.2, 0.25) is 0 Å². The van der Waals surface area contributed by atoms with Gasteiger partial charge >= 0.3 is 0 Å². The Bertz CT molecular complexity index is 7080. The Balaban J connectivity index is 0.000000167. The molecular formula is C112H124N5+5. The van der Waals surface area contributed by atoms with E-state index in [1.165, 1.54) is 5.56 Å². The Kier molecular flexibility index (Phi) is 19.5. The van der Waals surface area contributed by atoms with E-state index in [1.54, 1.807) is 84.5 Å². The number of rotatable bonds is 11. The largest absolute Gasteiger partial charge is 0.212 e. The first-order valence-electron chi connectivity index (χ1n) is 50.6. The molecule has 0 N–H and O–H groups in total. The molecule has 15 aromatic rings. The molecule has 0 saturated carbocycles. The minimum absolute atomic E-state index is 0.279. The first-order valence-corrected chi connectivity index (χ1v) is 39.6. The summed E-state index contributed by atoms with van der Waals surface area (Å²) < 4.78 is 184. The van der Waals surface area contributed by atoms with Gasteiger partial charge < -0.3 is 0 Å². The lowest BCUT2D eigenvalue weighted by atomic mass is 9.89. The smallest absolute Gasteiger partial charge is 0.201 e. The SMILES string of the molecule is [2H]C([2H])([2H])c1c[n+](C)c(-c2cccc(-c3c(C)cccc3C([2H])([2H])[2H])c2C)cc1C.[2H]C([2H])([2H])c1ccc(-c2cccc(-c3c(C)cccc3C([2H])([2H])[2H])c2C)[n+](C)c1.[2H]C([2H])([2H])c1cccc(C)c1-c1cccc(-c2cc(C([2H])(C)C)cc[n+]2C)c1C.[2H]C([2H])([2H])c1cccc(C)c1-c1cccc(-c2cc(C)cc[n+]2C)c1C.[2H]C([2H])([2H])c1cccc(C)c1-c1cccc(-c2cccc[n+]2C)c1C. The highest BCUT2D eigenvalue weighted by Gasteiger charge is 2.24. The number of nitrogens with zero attached hydrogens (tertiary/aromatic N) is 5. The maximum Gasteiger partial charge on any atom is 0.212 e. The lowest BCUT2D eigenvalue weighted by Crippen LogP contribution is -2.31. The van der Waals surface area contributed by atoms with Gasteiger partial charge in [-0.1, -0.05) is 166 Å². The molecule has 592 valence electrons. The number of aromatic nitrogens is 5. The number of hydrogen-bond donors (Lipinski definition) is 0. The van der Waals surface area contributed by atoms with Gasteiger partial charge in [-0.25, -0.2) is 22.8 Å². The van der Waals surface area contributed by atoms with E-state index in [0.29, 0.717) is 38.9 Å². The van der Waals surface area contributed by atoms with Crippen LogP contribution in [0, 0.1) is 131 Å². The van der Waals surface area contributed by atoms with E-state index in [1.807, 2.05) is 266 Å². The zero-order chi connectivity index (χ0) is 103. The predicted molar refractivity (Wildman–Crippen MR) is 497 cm³/mol. The summed E-state index contributed by atoms with van der Waals surface area (Å²) in [7, 11) is 9.69. The average Bonchev–Trinajstić information content (AvgIpc) is 0.755. The van der Waals surface area contributed by atoms with Crippen molar-refractivity contribution in [3.8, 4) is 112 Å². The van der Waals surface area contributed by atoms with Gasteiger partial charge in [0.15, 0.2) is 31.0 Å². The predicted octanol–water partition coefficient (Wildman–Crippen LogP) is 26.2. The van der Waals surface area contributed by atoms with Crippen molar-refractivity contribution in [2.45, 2.75) is 151 Å². The van der Waals surface area contributed by atoms with Crippen LogP contribution in [0.5, 0.6) is 0 Å². The van der Waals surface area contributed by atoms with Crippen LogP contribution >= 0.6 is 0 Å². The Morgan fingerprint density at radius 2 is 0.521 bits per heavy atom. The highest BCUT2D eigenvalue weighted by molar-refractivity contribution is 5.85. The minimum Gasteiger partial charge on any atom is -0.201 e. The molecule has 5 nitrogen and oxygen atoms in total. The molecule has 0 saturated heterocycles. The van der Waals surface area contributed by atoms with Gasteiger partial charge in [-0.15, -0.1) is 0 Å². The molecule has 0 aliphatic heterocycles. The third kappa shape index (κ3) is 19.1. The molecule has 0 amide bonds. The molecule has 0 fully saturated rings. The van der Waals surface area contributed by atoms with Gasteiger partial charge in [-0.2, -0.15) is 0 Å². The fourth-order valence-corrected chi connectivity index (χ4v) is 15.8. The number of hydrogen-bond acceptors (Lipinski definition) is 0. The van der Waals surface area contributed by atoms with E-state index in [0.717, 1.165) is 173 Å². The van der Waals surface area contributed by atoms with E-state index in [-0.39, 0.29) is 5.56 Å². The van der Waals surface area contributed by atoms with Crippen molar-refractivity contribution >= 4 is 0 Å². The summed E-state index contributed by atoms with van der Waals surface area (Å²) in [6.45, 7) is 12.3. The van der Waals surface area contributed by atoms with Crippen LogP contribution in [-0.4, -0.2) is 0 Å². The molecule has 15 rings (SSSR count). The summed E-state index contributed by atoms with van der Waals surface area (Å²) >= 11 is 0. The van der Waals surface area contributed by atoms with Crippen molar-refractivity contribution in [1.82, 2.24) is 0 Å². The first kappa shape index (κ1) is 60.5. The van der Waals surface area contributed by atoms with Crippen molar-refractivity contribution in [3.63, 3.8) is 0 Å². The average molecular weight is 1560 g/mol. The zero-order valence-electron chi connectivity index (χ0n) is 93.2. The third-order valence-electron chi connectivity index (χ3n) is 22.5. The normalized spacial score (nSPS) is 14.5. The standard InChI is InChI=1S/C24H28N.C23H26N.2C22H24N.C21H22N/c1-16(2)20-13-14-25(6)23(15-20)21-11-8-12-22(19(21)5)24-17(3)9-7-10-18(24)4;1-15-9-7-10-16(2)23(15)21-12-8-11-20(19(21)5)22-13-17(3)18(4)14-24(22)6;1-15-12-13-23(5)21(14-15)19-10-7-11-20(18(19)4)22-16(2)8-6-9-17(22)3;1-15-12-13-21(23(5)14-15)19-10-7-11-20(18(19)4)22-16(2)8-6-9-17(22)3;1-15-9-7-10-16(2)21(15)19-12-8-11-18(17(19)3)20-13-5-6-14-22(20)4/h7-16H,1-6H3;7-14H,1-6H3;2*6-14H,1-5H3;5-14H,1-4H3/q5*+1/i3D3,16D;1D3,4D3;2D3;1D3,2D3;1D3. The lowest BCUT2D eigenvalue weighted by Gasteiger charge is -2.15. The molecule has 0 aliphatic rings. The van der Waals surface area contributed by atoms with Crippen molar-refractivity contribution in [2.24, 2.45) is 35.2 Å². The van der Waals surface area contributed by atoms with E-state index in [2.05, 4.69) is 78.6 Å². The summed E-state index contributed by atoms with van der Waals surface area (Å²) in [5.74, 6) is -0.695. The maximum atomic E-state index is 8.39. The monoisotopic (exact) mass is 1560 g/mol. The second-order valence-electron chi connectivity index (χ2n) is 31.0. The highest BCUT2D eigenvalue weighted by Crippen LogP contribution is 2.41. The van der Waals surface area contributed by atoms with Crippen LogP contribution in [0.15, 0.2) is 274 Å². The van der Waals surface area contributed by atoms with Crippen molar-refractivity contribution in [1.29, 1.82) is 0 Å². The van der Waals surface area contributed by atoms with Crippen molar-refractivity contribution in [2.75, 3.05) is 0 Å². The highest BCUT2D eigenvalue weighted by atomic mass is 14.9. The van der Waals surface area contributed by atoms with Crippen molar-refractivity contribution in [3.05, 3.63) is 385 Å². The molecule has 0 aliphatic carbocycles. The third-order valence-corrected chi connectivity index (χ3v) is 22.5. The Morgan fingerprint density at radius 1 is 0.222 bits per heavy atom. The number of benzene rings is 10. The molecule has 0 atom stereocenters. The summed E-state index contributed by atoms with van der Waals surface area (Å²) in [6.07, 6.45) is 9.33.